The van der Waals surface area contributed by atoms with E-state index in [1.54, 1.807) is 24.3 Å². The van der Waals surface area contributed by atoms with Crippen LogP contribution in [0.25, 0.3) is 0 Å². The van der Waals surface area contributed by atoms with E-state index >= 15 is 0 Å². The Labute approximate surface area is 93.4 Å². The molecule has 1 heterocycles. The van der Waals surface area contributed by atoms with Gasteiger partial charge in [-0.25, -0.2) is 0 Å². The third kappa shape index (κ3) is 2.63. The standard InChI is InChI=1S/C11H15NO4/c12-7-1-3-9(4-2-7)16-11-10(14)5-8(13)6-15-11/h1-4,8,10-11,13-14H,5-6,12H2/t8-,10-,11+/m0/s1. The van der Waals surface area contributed by atoms with Gasteiger partial charge >= 0.3 is 0 Å². The summed E-state index contributed by atoms with van der Waals surface area (Å²) in [6.07, 6.45) is -1.91. The molecule has 1 aliphatic heterocycles. The molecule has 88 valence electrons. The summed E-state index contributed by atoms with van der Waals surface area (Å²) in [6, 6.07) is 6.83. The largest absolute Gasteiger partial charge is 0.462 e. The van der Waals surface area contributed by atoms with Crippen molar-refractivity contribution in [3.8, 4) is 5.75 Å². The monoisotopic (exact) mass is 225 g/mol. The molecule has 3 atom stereocenters. The predicted octanol–water partition coefficient (Wildman–Crippen LogP) is 0.116. The second-order valence-corrected chi connectivity index (χ2v) is 3.85. The first kappa shape index (κ1) is 11.2. The van der Waals surface area contributed by atoms with Crippen LogP contribution in [0.3, 0.4) is 0 Å². The average Bonchev–Trinajstić information content (AvgIpc) is 2.25. The molecule has 1 aromatic carbocycles. The number of nitrogens with two attached hydrogens (primary N) is 1. The van der Waals surface area contributed by atoms with Crippen molar-refractivity contribution < 1.29 is 19.7 Å². The van der Waals surface area contributed by atoms with Gasteiger partial charge in [0.15, 0.2) is 0 Å². The minimum Gasteiger partial charge on any atom is -0.462 e. The highest BCUT2D eigenvalue weighted by molar-refractivity contribution is 5.41. The molecule has 0 radical (unpaired) electrons. The van der Waals surface area contributed by atoms with Crippen LogP contribution < -0.4 is 10.5 Å². The highest BCUT2D eigenvalue weighted by atomic mass is 16.7. The van der Waals surface area contributed by atoms with E-state index in [0.717, 1.165) is 0 Å². The highest BCUT2D eigenvalue weighted by Gasteiger charge is 2.30. The number of aliphatic hydroxyl groups excluding tert-OH is 2. The van der Waals surface area contributed by atoms with Gasteiger partial charge in [0.25, 0.3) is 0 Å². The summed E-state index contributed by atoms with van der Waals surface area (Å²) in [7, 11) is 0. The molecule has 0 aliphatic carbocycles. The molecule has 0 aromatic heterocycles. The van der Waals surface area contributed by atoms with Crippen molar-refractivity contribution in [1.82, 2.24) is 0 Å². The lowest BCUT2D eigenvalue weighted by molar-refractivity contribution is -0.198. The van der Waals surface area contributed by atoms with E-state index in [1.165, 1.54) is 0 Å². The first-order valence-corrected chi connectivity index (χ1v) is 5.15. The minimum atomic E-state index is -0.818. The summed E-state index contributed by atoms with van der Waals surface area (Å²) in [5, 5.41) is 18.9. The predicted molar refractivity (Wildman–Crippen MR) is 57.9 cm³/mol. The van der Waals surface area contributed by atoms with E-state index in [0.29, 0.717) is 11.4 Å². The Morgan fingerprint density at radius 2 is 1.94 bits per heavy atom. The normalized spacial score (nSPS) is 30.0. The molecule has 5 nitrogen and oxygen atoms in total. The van der Waals surface area contributed by atoms with Gasteiger partial charge in [0, 0.05) is 12.1 Å². The number of hydrogen-bond acceptors (Lipinski definition) is 5. The van der Waals surface area contributed by atoms with Gasteiger partial charge < -0.3 is 25.4 Å². The van der Waals surface area contributed by atoms with Crippen LogP contribution in [0, 0.1) is 0 Å². The van der Waals surface area contributed by atoms with Crippen molar-refractivity contribution in [2.24, 2.45) is 0 Å². The minimum absolute atomic E-state index is 0.177. The second kappa shape index (κ2) is 4.69. The van der Waals surface area contributed by atoms with Crippen LogP contribution in [0.5, 0.6) is 5.75 Å². The fourth-order valence-corrected chi connectivity index (χ4v) is 1.57. The lowest BCUT2D eigenvalue weighted by Crippen LogP contribution is -2.44. The number of benzene rings is 1. The smallest absolute Gasteiger partial charge is 0.226 e. The molecule has 0 unspecified atom stereocenters. The fourth-order valence-electron chi connectivity index (χ4n) is 1.57. The van der Waals surface area contributed by atoms with Crippen molar-refractivity contribution in [1.29, 1.82) is 0 Å². The van der Waals surface area contributed by atoms with Gasteiger partial charge in [0.1, 0.15) is 11.9 Å². The van der Waals surface area contributed by atoms with Crippen LogP contribution in [-0.4, -0.2) is 35.3 Å². The van der Waals surface area contributed by atoms with E-state index in [9.17, 15) is 10.2 Å². The highest BCUT2D eigenvalue weighted by Crippen LogP contribution is 2.20. The lowest BCUT2D eigenvalue weighted by atomic mass is 10.1. The molecular formula is C11H15NO4. The first-order valence-electron chi connectivity index (χ1n) is 5.15. The maximum Gasteiger partial charge on any atom is 0.226 e. The zero-order chi connectivity index (χ0) is 11.5. The molecule has 0 saturated carbocycles. The number of rotatable bonds is 2. The van der Waals surface area contributed by atoms with Gasteiger partial charge in [-0.15, -0.1) is 0 Å². The van der Waals surface area contributed by atoms with Crippen molar-refractivity contribution >= 4 is 5.69 Å². The Hall–Kier alpha value is -1.30. The molecule has 0 amide bonds. The molecule has 1 fully saturated rings. The zero-order valence-corrected chi connectivity index (χ0v) is 8.74. The molecule has 1 saturated heterocycles. The summed E-state index contributed by atoms with van der Waals surface area (Å²) in [6.45, 7) is 0.177. The van der Waals surface area contributed by atoms with E-state index in [1.807, 2.05) is 0 Å². The van der Waals surface area contributed by atoms with E-state index in [2.05, 4.69) is 0 Å². The van der Waals surface area contributed by atoms with Crippen molar-refractivity contribution in [3.05, 3.63) is 24.3 Å². The molecule has 0 bridgehead atoms. The Kier molecular flexibility index (Phi) is 3.28. The Morgan fingerprint density at radius 1 is 1.25 bits per heavy atom. The molecule has 1 aromatic rings. The van der Waals surface area contributed by atoms with E-state index < -0.39 is 18.5 Å². The van der Waals surface area contributed by atoms with Gasteiger partial charge in [-0.05, 0) is 24.3 Å². The van der Waals surface area contributed by atoms with Crippen LogP contribution in [0.15, 0.2) is 24.3 Å². The molecule has 4 N–H and O–H groups in total. The molecule has 16 heavy (non-hydrogen) atoms. The van der Waals surface area contributed by atoms with Crippen molar-refractivity contribution in [2.75, 3.05) is 12.3 Å². The third-order valence-electron chi connectivity index (χ3n) is 2.41. The Bertz CT molecular complexity index is 340. The SMILES string of the molecule is Nc1ccc(O[C@H]2OC[C@@H](O)C[C@@H]2O)cc1. The van der Waals surface area contributed by atoms with Gasteiger partial charge in [0.2, 0.25) is 6.29 Å². The second-order valence-electron chi connectivity index (χ2n) is 3.85. The van der Waals surface area contributed by atoms with Gasteiger partial charge in [-0.3, -0.25) is 0 Å². The molecule has 5 heteroatoms. The summed E-state index contributed by atoms with van der Waals surface area (Å²) in [4.78, 5) is 0. The van der Waals surface area contributed by atoms with E-state index in [4.69, 9.17) is 15.2 Å². The molecule has 0 spiro atoms. The van der Waals surface area contributed by atoms with Crippen molar-refractivity contribution in [3.63, 3.8) is 0 Å². The summed E-state index contributed by atoms with van der Waals surface area (Å²) < 4.78 is 10.6. The topological polar surface area (TPSA) is 84.9 Å². The van der Waals surface area contributed by atoms with Gasteiger partial charge in [-0.1, -0.05) is 0 Å². The molecule has 2 rings (SSSR count). The van der Waals surface area contributed by atoms with Crippen LogP contribution >= 0.6 is 0 Å². The number of hydrogen-bond donors (Lipinski definition) is 3. The van der Waals surface area contributed by atoms with E-state index in [-0.39, 0.29) is 13.0 Å². The number of nitrogen functional groups attached to an aromatic ring is 1. The lowest BCUT2D eigenvalue weighted by Gasteiger charge is -2.30. The van der Waals surface area contributed by atoms with Gasteiger partial charge in [-0.2, -0.15) is 0 Å². The maximum atomic E-state index is 9.62. The van der Waals surface area contributed by atoms with Crippen LogP contribution in [0.4, 0.5) is 5.69 Å². The number of anilines is 1. The maximum absolute atomic E-state index is 9.62. The summed E-state index contributed by atoms with van der Waals surface area (Å²) in [5.41, 5.74) is 6.18. The summed E-state index contributed by atoms with van der Waals surface area (Å²) in [5.74, 6) is 0.578. The van der Waals surface area contributed by atoms with Crippen molar-refractivity contribution in [2.45, 2.75) is 24.9 Å². The zero-order valence-electron chi connectivity index (χ0n) is 8.74. The summed E-state index contributed by atoms with van der Waals surface area (Å²) >= 11 is 0. The molecular weight excluding hydrogens is 210 g/mol. The third-order valence-corrected chi connectivity index (χ3v) is 2.41. The average molecular weight is 225 g/mol. The van der Waals surface area contributed by atoms with Crippen LogP contribution in [0.2, 0.25) is 0 Å². The molecule has 1 aliphatic rings. The number of ether oxygens (including phenoxy) is 2. The Balaban J connectivity index is 1.96. The fraction of sp³-hybridized carbons (Fsp3) is 0.455. The van der Waals surface area contributed by atoms with Crippen LogP contribution in [-0.2, 0) is 4.74 Å². The number of aliphatic hydroxyl groups is 2. The first-order chi connectivity index (χ1) is 7.65. The van der Waals surface area contributed by atoms with Gasteiger partial charge in [0.05, 0.1) is 12.7 Å². The van der Waals surface area contributed by atoms with Crippen LogP contribution in [0.1, 0.15) is 6.42 Å². The Morgan fingerprint density at radius 3 is 2.56 bits per heavy atom. The quantitative estimate of drug-likeness (QED) is 0.622.